The molecular formula is C22H27N5O2. The summed E-state index contributed by atoms with van der Waals surface area (Å²) < 4.78 is 0. The minimum atomic E-state index is -0.219. The maximum absolute atomic E-state index is 12.7. The summed E-state index contributed by atoms with van der Waals surface area (Å²) in [7, 11) is 0. The molecule has 1 unspecified atom stereocenters. The zero-order chi connectivity index (χ0) is 20.1. The van der Waals surface area contributed by atoms with Gasteiger partial charge in [0.2, 0.25) is 5.91 Å². The Labute approximate surface area is 171 Å². The highest BCUT2D eigenvalue weighted by Gasteiger charge is 2.28. The molecule has 0 radical (unpaired) electrons. The van der Waals surface area contributed by atoms with Crippen molar-refractivity contribution >= 4 is 29.1 Å². The Morgan fingerprint density at radius 2 is 1.69 bits per heavy atom. The number of hydrogen-bond acceptors (Lipinski definition) is 4. The third-order valence-corrected chi connectivity index (χ3v) is 5.55. The van der Waals surface area contributed by atoms with Crippen molar-refractivity contribution in [1.82, 2.24) is 9.88 Å². The fourth-order valence-electron chi connectivity index (χ4n) is 3.94. The summed E-state index contributed by atoms with van der Waals surface area (Å²) in [5.41, 5.74) is 1.46. The van der Waals surface area contributed by atoms with Gasteiger partial charge >= 0.3 is 6.03 Å². The van der Waals surface area contributed by atoms with Crippen molar-refractivity contribution in [2.45, 2.75) is 25.7 Å². The van der Waals surface area contributed by atoms with Gasteiger partial charge < -0.3 is 20.4 Å². The topological polar surface area (TPSA) is 77.6 Å². The number of hydrogen-bond donors (Lipinski definition) is 2. The number of rotatable bonds is 4. The second-order valence-corrected chi connectivity index (χ2v) is 7.67. The molecular weight excluding hydrogens is 366 g/mol. The van der Waals surface area contributed by atoms with Gasteiger partial charge in [0.1, 0.15) is 5.82 Å². The van der Waals surface area contributed by atoms with Crippen LogP contribution >= 0.6 is 0 Å². The van der Waals surface area contributed by atoms with Crippen LogP contribution in [0, 0.1) is 5.92 Å². The summed E-state index contributed by atoms with van der Waals surface area (Å²) in [5.74, 6) is 0.684. The molecule has 0 spiro atoms. The highest BCUT2D eigenvalue weighted by atomic mass is 16.2. The minimum absolute atomic E-state index is 0.0575. The van der Waals surface area contributed by atoms with E-state index in [1.165, 1.54) is 12.8 Å². The average Bonchev–Trinajstić information content (AvgIpc) is 3.30. The number of urea groups is 1. The monoisotopic (exact) mass is 393 g/mol. The van der Waals surface area contributed by atoms with Crippen LogP contribution in [-0.4, -0.2) is 48.0 Å². The fourth-order valence-corrected chi connectivity index (χ4v) is 3.94. The Bertz CT molecular complexity index is 834. The first-order chi connectivity index (χ1) is 14.2. The van der Waals surface area contributed by atoms with Gasteiger partial charge in [0, 0.05) is 31.9 Å². The SMILES string of the molecule is O=C(Nc1ccc(N2CCCC2)nc1)C1CCCN(C(=O)Nc2ccccc2)C1. The van der Waals surface area contributed by atoms with Gasteiger partial charge in [-0.25, -0.2) is 9.78 Å². The van der Waals surface area contributed by atoms with Crippen LogP contribution in [0.5, 0.6) is 0 Å². The summed E-state index contributed by atoms with van der Waals surface area (Å²) in [6, 6.07) is 13.1. The van der Waals surface area contributed by atoms with E-state index in [-0.39, 0.29) is 17.9 Å². The van der Waals surface area contributed by atoms with Crippen LogP contribution in [0.4, 0.5) is 22.0 Å². The molecule has 152 valence electrons. The number of likely N-dealkylation sites (tertiary alicyclic amines) is 1. The largest absolute Gasteiger partial charge is 0.357 e. The molecule has 0 bridgehead atoms. The maximum Gasteiger partial charge on any atom is 0.321 e. The number of carbonyl (C=O) groups excluding carboxylic acids is 2. The smallest absolute Gasteiger partial charge is 0.321 e. The summed E-state index contributed by atoms with van der Waals surface area (Å²) in [5, 5.41) is 5.85. The van der Waals surface area contributed by atoms with E-state index in [9.17, 15) is 9.59 Å². The van der Waals surface area contributed by atoms with E-state index >= 15 is 0 Å². The van der Waals surface area contributed by atoms with E-state index < -0.39 is 0 Å². The molecule has 3 amide bonds. The van der Waals surface area contributed by atoms with Crippen molar-refractivity contribution in [1.29, 1.82) is 0 Å². The highest BCUT2D eigenvalue weighted by Crippen LogP contribution is 2.22. The van der Waals surface area contributed by atoms with Crippen LogP contribution in [0.2, 0.25) is 0 Å². The number of nitrogens with zero attached hydrogens (tertiary/aromatic N) is 3. The predicted molar refractivity (Wildman–Crippen MR) is 114 cm³/mol. The Kier molecular flexibility index (Phi) is 5.93. The number of para-hydroxylation sites is 1. The lowest BCUT2D eigenvalue weighted by Crippen LogP contribution is -2.45. The van der Waals surface area contributed by atoms with Gasteiger partial charge in [0.15, 0.2) is 0 Å². The Morgan fingerprint density at radius 1 is 0.897 bits per heavy atom. The van der Waals surface area contributed by atoms with Crippen molar-refractivity contribution in [3.05, 3.63) is 48.7 Å². The Hall–Kier alpha value is -3.09. The zero-order valence-corrected chi connectivity index (χ0v) is 16.5. The maximum atomic E-state index is 12.7. The van der Waals surface area contributed by atoms with Gasteiger partial charge in [-0.1, -0.05) is 18.2 Å². The fraction of sp³-hybridized carbons (Fsp3) is 0.409. The first-order valence-corrected chi connectivity index (χ1v) is 10.3. The molecule has 0 saturated carbocycles. The average molecular weight is 393 g/mol. The number of nitrogens with one attached hydrogen (secondary N) is 2. The number of benzene rings is 1. The van der Waals surface area contributed by atoms with Gasteiger partial charge in [-0.3, -0.25) is 4.79 Å². The van der Waals surface area contributed by atoms with Gasteiger partial charge in [-0.2, -0.15) is 0 Å². The number of carbonyl (C=O) groups is 2. The van der Waals surface area contributed by atoms with Crippen LogP contribution in [-0.2, 0) is 4.79 Å². The molecule has 2 saturated heterocycles. The van der Waals surface area contributed by atoms with E-state index in [0.717, 1.165) is 37.4 Å². The molecule has 2 aromatic rings. The van der Waals surface area contributed by atoms with Crippen LogP contribution in [0.1, 0.15) is 25.7 Å². The number of piperidine rings is 1. The van der Waals surface area contributed by atoms with Crippen molar-refractivity contribution < 1.29 is 9.59 Å². The molecule has 2 fully saturated rings. The molecule has 2 aliphatic heterocycles. The van der Waals surface area contributed by atoms with E-state index in [1.54, 1.807) is 11.1 Å². The standard InChI is InChI=1S/C22H27N5O2/c28-21(24-19-10-11-20(23-15-19)26-12-4-5-13-26)17-7-6-14-27(16-17)22(29)25-18-8-2-1-3-9-18/h1-3,8-11,15,17H,4-7,12-14,16H2,(H,24,28)(H,25,29). The first kappa shape index (κ1) is 19.2. The second kappa shape index (κ2) is 8.94. The lowest BCUT2D eigenvalue weighted by atomic mass is 9.97. The van der Waals surface area contributed by atoms with Gasteiger partial charge in [0.25, 0.3) is 0 Å². The zero-order valence-electron chi connectivity index (χ0n) is 16.5. The van der Waals surface area contributed by atoms with Crippen LogP contribution in [0.15, 0.2) is 48.7 Å². The van der Waals surface area contributed by atoms with E-state index in [0.29, 0.717) is 18.8 Å². The van der Waals surface area contributed by atoms with E-state index in [2.05, 4.69) is 20.5 Å². The molecule has 7 nitrogen and oxygen atoms in total. The number of aromatic nitrogens is 1. The molecule has 3 heterocycles. The van der Waals surface area contributed by atoms with E-state index in [1.807, 2.05) is 42.5 Å². The van der Waals surface area contributed by atoms with Crippen molar-refractivity contribution in [3.8, 4) is 0 Å². The summed E-state index contributed by atoms with van der Waals surface area (Å²) >= 11 is 0. The molecule has 1 atom stereocenters. The molecule has 2 aliphatic rings. The molecule has 1 aromatic carbocycles. The van der Waals surface area contributed by atoms with Crippen LogP contribution < -0.4 is 15.5 Å². The normalized spacial score (nSPS) is 19.1. The highest BCUT2D eigenvalue weighted by molar-refractivity contribution is 5.94. The molecule has 29 heavy (non-hydrogen) atoms. The second-order valence-electron chi connectivity index (χ2n) is 7.67. The first-order valence-electron chi connectivity index (χ1n) is 10.3. The molecule has 1 aromatic heterocycles. The van der Waals surface area contributed by atoms with Gasteiger partial charge in [0.05, 0.1) is 17.8 Å². The third kappa shape index (κ3) is 4.85. The predicted octanol–water partition coefficient (Wildman–Crippen LogP) is 3.56. The quantitative estimate of drug-likeness (QED) is 0.833. The number of anilines is 3. The van der Waals surface area contributed by atoms with Crippen molar-refractivity contribution in [3.63, 3.8) is 0 Å². The Balaban J connectivity index is 1.31. The number of pyridine rings is 1. The molecule has 0 aliphatic carbocycles. The summed E-state index contributed by atoms with van der Waals surface area (Å²) in [6.07, 6.45) is 5.72. The Morgan fingerprint density at radius 3 is 2.41 bits per heavy atom. The molecule has 2 N–H and O–H groups in total. The van der Waals surface area contributed by atoms with Gasteiger partial charge in [-0.15, -0.1) is 0 Å². The van der Waals surface area contributed by atoms with Crippen molar-refractivity contribution in [2.75, 3.05) is 41.7 Å². The lowest BCUT2D eigenvalue weighted by molar-refractivity contribution is -0.121. The lowest BCUT2D eigenvalue weighted by Gasteiger charge is -2.32. The van der Waals surface area contributed by atoms with E-state index in [4.69, 9.17) is 0 Å². The third-order valence-electron chi connectivity index (χ3n) is 5.55. The summed E-state index contributed by atoms with van der Waals surface area (Å²) in [4.78, 5) is 33.7. The minimum Gasteiger partial charge on any atom is -0.357 e. The van der Waals surface area contributed by atoms with Crippen molar-refractivity contribution in [2.24, 2.45) is 5.92 Å². The summed E-state index contributed by atoms with van der Waals surface area (Å²) in [6.45, 7) is 3.17. The molecule has 7 heteroatoms. The van der Waals surface area contributed by atoms with Crippen LogP contribution in [0.25, 0.3) is 0 Å². The van der Waals surface area contributed by atoms with Gasteiger partial charge in [-0.05, 0) is 49.9 Å². The van der Waals surface area contributed by atoms with Crippen LogP contribution in [0.3, 0.4) is 0 Å². The number of amides is 3. The molecule has 4 rings (SSSR count).